The number of benzene rings is 1. The normalized spacial score (nSPS) is 17.7. The molecular weight excluding hydrogens is 182 g/mol. The van der Waals surface area contributed by atoms with Crippen LogP contribution in [0.15, 0.2) is 30.3 Å². The molecule has 1 nitrogen and oxygen atoms in total. The number of hydrogen-bond acceptors (Lipinski definition) is 1. The van der Waals surface area contributed by atoms with E-state index in [1.165, 1.54) is 37.8 Å². The fourth-order valence-electron chi connectivity index (χ4n) is 1.84. The van der Waals surface area contributed by atoms with Gasteiger partial charge < -0.3 is 5.32 Å². The van der Waals surface area contributed by atoms with Crippen LogP contribution in [-0.2, 0) is 6.42 Å². The molecule has 1 saturated carbocycles. The second-order valence-electron chi connectivity index (χ2n) is 5.08. The SMILES string of the molecule is CC1(CNCCCc2ccccc2)CC1. The van der Waals surface area contributed by atoms with E-state index in [0.29, 0.717) is 5.41 Å². The largest absolute Gasteiger partial charge is 0.316 e. The number of aryl methyl sites for hydroxylation is 1. The van der Waals surface area contributed by atoms with Gasteiger partial charge in [0.15, 0.2) is 0 Å². The highest BCUT2D eigenvalue weighted by Gasteiger charge is 2.36. The minimum Gasteiger partial charge on any atom is -0.316 e. The van der Waals surface area contributed by atoms with Gasteiger partial charge in [0, 0.05) is 6.54 Å². The molecule has 0 unspecified atom stereocenters. The summed E-state index contributed by atoms with van der Waals surface area (Å²) in [7, 11) is 0. The Morgan fingerprint density at radius 3 is 2.60 bits per heavy atom. The maximum Gasteiger partial charge on any atom is 0.000517 e. The highest BCUT2D eigenvalue weighted by molar-refractivity contribution is 5.14. The molecule has 1 aliphatic rings. The van der Waals surface area contributed by atoms with Gasteiger partial charge in [-0.05, 0) is 43.2 Å². The van der Waals surface area contributed by atoms with Gasteiger partial charge in [0.1, 0.15) is 0 Å². The molecule has 1 aromatic carbocycles. The van der Waals surface area contributed by atoms with Gasteiger partial charge in [-0.1, -0.05) is 37.3 Å². The minimum absolute atomic E-state index is 0.646. The fourth-order valence-corrected chi connectivity index (χ4v) is 1.84. The maximum absolute atomic E-state index is 3.56. The molecule has 0 aromatic heterocycles. The minimum atomic E-state index is 0.646. The third kappa shape index (κ3) is 3.67. The monoisotopic (exact) mass is 203 g/mol. The molecule has 2 rings (SSSR count). The van der Waals surface area contributed by atoms with Gasteiger partial charge in [0.25, 0.3) is 0 Å². The van der Waals surface area contributed by atoms with Crippen LogP contribution in [-0.4, -0.2) is 13.1 Å². The molecule has 0 amide bonds. The molecule has 1 aliphatic carbocycles. The smallest absolute Gasteiger partial charge is 0.000517 e. The summed E-state index contributed by atoms with van der Waals surface area (Å²) in [5.41, 5.74) is 2.10. The first-order chi connectivity index (χ1) is 7.29. The maximum atomic E-state index is 3.56. The first-order valence-corrected chi connectivity index (χ1v) is 6.03. The van der Waals surface area contributed by atoms with Crippen LogP contribution >= 0.6 is 0 Å². The van der Waals surface area contributed by atoms with Gasteiger partial charge in [0.05, 0.1) is 0 Å². The summed E-state index contributed by atoms with van der Waals surface area (Å²) in [6.07, 6.45) is 5.28. The predicted molar refractivity (Wildman–Crippen MR) is 65.0 cm³/mol. The highest BCUT2D eigenvalue weighted by Crippen LogP contribution is 2.43. The molecule has 1 fully saturated rings. The Bertz CT molecular complexity index is 287. The molecular formula is C14H21N. The van der Waals surface area contributed by atoms with Crippen LogP contribution in [0, 0.1) is 5.41 Å². The van der Waals surface area contributed by atoms with Crippen LogP contribution in [0.4, 0.5) is 0 Å². The summed E-state index contributed by atoms with van der Waals surface area (Å²) in [5.74, 6) is 0. The Balaban J connectivity index is 1.55. The molecule has 15 heavy (non-hydrogen) atoms. The van der Waals surface area contributed by atoms with Gasteiger partial charge in [-0.25, -0.2) is 0 Å². The first kappa shape index (κ1) is 10.7. The van der Waals surface area contributed by atoms with E-state index in [0.717, 1.165) is 6.54 Å². The van der Waals surface area contributed by atoms with E-state index in [1.807, 2.05) is 0 Å². The summed E-state index contributed by atoms with van der Waals surface area (Å²) in [5, 5.41) is 3.56. The molecule has 1 heteroatoms. The summed E-state index contributed by atoms with van der Waals surface area (Å²) < 4.78 is 0. The quantitative estimate of drug-likeness (QED) is 0.701. The number of hydrogen-bond donors (Lipinski definition) is 1. The van der Waals surface area contributed by atoms with Crippen LogP contribution in [0.2, 0.25) is 0 Å². The van der Waals surface area contributed by atoms with Gasteiger partial charge in [-0.3, -0.25) is 0 Å². The van der Waals surface area contributed by atoms with Gasteiger partial charge in [-0.15, -0.1) is 0 Å². The van der Waals surface area contributed by atoms with E-state index in [4.69, 9.17) is 0 Å². The van der Waals surface area contributed by atoms with Crippen LogP contribution in [0.5, 0.6) is 0 Å². The lowest BCUT2D eigenvalue weighted by molar-refractivity contribution is 0.495. The average Bonchev–Trinajstić information content (AvgIpc) is 2.98. The topological polar surface area (TPSA) is 12.0 Å². The van der Waals surface area contributed by atoms with Gasteiger partial charge >= 0.3 is 0 Å². The van der Waals surface area contributed by atoms with Crippen molar-refractivity contribution in [2.24, 2.45) is 5.41 Å². The molecule has 1 N–H and O–H groups in total. The third-order valence-corrected chi connectivity index (χ3v) is 3.32. The second kappa shape index (κ2) is 4.80. The van der Waals surface area contributed by atoms with Gasteiger partial charge in [-0.2, -0.15) is 0 Å². The van der Waals surface area contributed by atoms with Crippen LogP contribution in [0.1, 0.15) is 31.7 Å². The molecule has 82 valence electrons. The lowest BCUT2D eigenvalue weighted by atomic mass is 10.1. The van der Waals surface area contributed by atoms with E-state index in [9.17, 15) is 0 Å². The Labute approximate surface area is 92.9 Å². The lowest BCUT2D eigenvalue weighted by Crippen LogP contribution is -2.23. The summed E-state index contributed by atoms with van der Waals surface area (Å²) in [6, 6.07) is 10.7. The zero-order valence-corrected chi connectivity index (χ0v) is 9.63. The molecule has 0 aliphatic heterocycles. The fraction of sp³-hybridized carbons (Fsp3) is 0.571. The van der Waals surface area contributed by atoms with E-state index in [1.54, 1.807) is 0 Å². The predicted octanol–water partition coefficient (Wildman–Crippen LogP) is 3.01. The lowest BCUT2D eigenvalue weighted by Gasteiger charge is -2.09. The van der Waals surface area contributed by atoms with Crippen molar-refractivity contribution in [1.29, 1.82) is 0 Å². The van der Waals surface area contributed by atoms with Crippen LogP contribution in [0.25, 0.3) is 0 Å². The van der Waals surface area contributed by atoms with Crippen molar-refractivity contribution < 1.29 is 0 Å². The molecule has 0 atom stereocenters. The third-order valence-electron chi connectivity index (χ3n) is 3.32. The van der Waals surface area contributed by atoms with E-state index in [2.05, 4.69) is 42.6 Å². The van der Waals surface area contributed by atoms with Crippen molar-refractivity contribution in [1.82, 2.24) is 5.32 Å². The second-order valence-corrected chi connectivity index (χ2v) is 5.08. The van der Waals surface area contributed by atoms with Crippen molar-refractivity contribution >= 4 is 0 Å². The van der Waals surface area contributed by atoms with E-state index in [-0.39, 0.29) is 0 Å². The van der Waals surface area contributed by atoms with Crippen LogP contribution in [0.3, 0.4) is 0 Å². The zero-order valence-electron chi connectivity index (χ0n) is 9.63. The molecule has 0 radical (unpaired) electrons. The Morgan fingerprint density at radius 2 is 1.93 bits per heavy atom. The van der Waals surface area contributed by atoms with E-state index < -0.39 is 0 Å². The Kier molecular flexibility index (Phi) is 3.42. The molecule has 0 heterocycles. The molecule has 0 saturated heterocycles. The standard InChI is InChI=1S/C14H21N/c1-14(9-10-14)12-15-11-5-8-13-6-3-2-4-7-13/h2-4,6-7,15H,5,8-12H2,1H3. The Morgan fingerprint density at radius 1 is 1.20 bits per heavy atom. The molecule has 1 aromatic rings. The number of nitrogens with one attached hydrogen (secondary N) is 1. The highest BCUT2D eigenvalue weighted by atomic mass is 14.9. The summed E-state index contributed by atoms with van der Waals surface area (Å²) >= 11 is 0. The number of rotatable bonds is 6. The molecule has 0 bridgehead atoms. The summed E-state index contributed by atoms with van der Waals surface area (Å²) in [4.78, 5) is 0. The first-order valence-electron chi connectivity index (χ1n) is 6.03. The Hall–Kier alpha value is -0.820. The zero-order chi connectivity index (χ0) is 10.6. The van der Waals surface area contributed by atoms with Crippen molar-refractivity contribution in [2.75, 3.05) is 13.1 Å². The van der Waals surface area contributed by atoms with Crippen molar-refractivity contribution in [2.45, 2.75) is 32.6 Å². The van der Waals surface area contributed by atoms with Crippen LogP contribution < -0.4 is 5.32 Å². The van der Waals surface area contributed by atoms with Crippen molar-refractivity contribution in [3.63, 3.8) is 0 Å². The van der Waals surface area contributed by atoms with Crippen molar-refractivity contribution in [3.05, 3.63) is 35.9 Å². The summed E-state index contributed by atoms with van der Waals surface area (Å²) in [6.45, 7) is 4.74. The van der Waals surface area contributed by atoms with Gasteiger partial charge in [0.2, 0.25) is 0 Å². The van der Waals surface area contributed by atoms with Crippen molar-refractivity contribution in [3.8, 4) is 0 Å². The molecule has 0 spiro atoms. The van der Waals surface area contributed by atoms with E-state index >= 15 is 0 Å². The average molecular weight is 203 g/mol.